The van der Waals surface area contributed by atoms with E-state index in [9.17, 15) is 9.46 Å². The second kappa shape index (κ2) is 7.62. The van der Waals surface area contributed by atoms with Gasteiger partial charge in [-0.2, -0.15) is 15.4 Å². The molecular weight excluding hydrogens is 417 g/mol. The maximum atomic E-state index is 11.7. The minimum absolute atomic E-state index is 0.115. The van der Waals surface area contributed by atoms with Crippen LogP contribution in [0.2, 0.25) is 0 Å². The molecule has 11 heteroatoms. The second-order valence-corrected chi connectivity index (χ2v) is 8.73. The van der Waals surface area contributed by atoms with Crippen molar-refractivity contribution >= 4 is 19.4 Å². The number of nitrogens with zero attached hydrogens (tertiary/aromatic N) is 2. The number of nitrogens with one attached hydrogen (secondary N) is 1. The zero-order chi connectivity index (χ0) is 20.6. The largest absolute Gasteiger partial charge is 0.769 e. The van der Waals surface area contributed by atoms with Crippen molar-refractivity contribution in [1.29, 1.82) is 0 Å². The minimum atomic E-state index is -3.97. The molecule has 0 saturated carbocycles. The molecule has 4 rings (SSSR count). The molecule has 1 aromatic heterocycles. The monoisotopic (exact) mass is 434 g/mol. The van der Waals surface area contributed by atoms with Gasteiger partial charge in [-0.15, -0.1) is 11.8 Å². The molecule has 0 saturated heterocycles. The van der Waals surface area contributed by atoms with Crippen LogP contribution >= 0.6 is 19.4 Å². The zero-order valence-corrected chi connectivity index (χ0v) is 17.5. The van der Waals surface area contributed by atoms with Crippen molar-refractivity contribution in [2.75, 3.05) is 26.8 Å². The first-order valence-electron chi connectivity index (χ1n) is 8.45. The first-order chi connectivity index (χ1) is 13.9. The van der Waals surface area contributed by atoms with Gasteiger partial charge in [0.05, 0.1) is 7.11 Å². The molecule has 152 valence electrons. The van der Waals surface area contributed by atoms with Gasteiger partial charge in [-0.1, -0.05) is 6.07 Å². The zero-order valence-electron chi connectivity index (χ0n) is 15.8. The molecule has 1 atom stereocenters. The van der Waals surface area contributed by atoms with Gasteiger partial charge in [-0.25, -0.2) is 0 Å². The number of methoxy groups -OCH3 is 1. The number of H-pyrrole nitrogens is 1. The van der Waals surface area contributed by atoms with E-state index < -0.39 is 7.60 Å². The molecule has 0 aliphatic carbocycles. The normalized spacial score (nSPS) is 14.5. The summed E-state index contributed by atoms with van der Waals surface area (Å²) in [5, 5.41) is 11.1. The van der Waals surface area contributed by atoms with Gasteiger partial charge >= 0.3 is 0 Å². The van der Waals surface area contributed by atoms with Crippen LogP contribution in [-0.2, 0) is 4.57 Å². The smallest absolute Gasteiger partial charge is 0.231 e. The van der Waals surface area contributed by atoms with E-state index >= 15 is 0 Å². The predicted octanol–water partition coefficient (Wildman–Crippen LogP) is 3.16. The Kier molecular flexibility index (Phi) is 5.16. The Bertz CT molecular complexity index is 1110. The number of thioether (sulfide) groups is 1. The highest BCUT2D eigenvalue weighted by Crippen LogP contribution is 2.46. The van der Waals surface area contributed by atoms with Gasteiger partial charge in [0.1, 0.15) is 17.1 Å². The molecule has 0 spiro atoms. The van der Waals surface area contributed by atoms with Gasteiger partial charge in [0.15, 0.2) is 19.1 Å². The number of rotatable bonds is 6. The maximum Gasteiger partial charge on any atom is 0.231 e. The van der Waals surface area contributed by atoms with Crippen LogP contribution in [0.25, 0.3) is 22.5 Å². The van der Waals surface area contributed by atoms with Crippen LogP contribution in [0.3, 0.4) is 0 Å². The number of benzene rings is 2. The Balaban J connectivity index is 1.80. The fourth-order valence-corrected chi connectivity index (χ4v) is 4.05. The van der Waals surface area contributed by atoms with E-state index in [4.69, 9.17) is 18.7 Å². The first-order valence-corrected chi connectivity index (χ1v) is 11.7. The van der Waals surface area contributed by atoms with Crippen molar-refractivity contribution < 1.29 is 28.2 Å². The number of fused-ring (bicyclic) bond motifs is 1. The minimum Gasteiger partial charge on any atom is -0.769 e. The Morgan fingerprint density at radius 2 is 1.86 bits per heavy atom. The number of ether oxygens (including phenoxy) is 3. The molecule has 1 aliphatic rings. The van der Waals surface area contributed by atoms with Crippen molar-refractivity contribution in [3.63, 3.8) is 0 Å². The molecule has 1 unspecified atom stereocenters. The van der Waals surface area contributed by atoms with Gasteiger partial charge < -0.3 is 23.6 Å². The molecule has 0 radical (unpaired) electrons. The lowest BCUT2D eigenvalue weighted by atomic mass is 10.0. The number of hydrogen-bond acceptors (Lipinski definition) is 9. The van der Waals surface area contributed by atoms with E-state index in [2.05, 4.69) is 15.4 Å². The third-order valence-corrected chi connectivity index (χ3v) is 5.49. The van der Waals surface area contributed by atoms with Crippen LogP contribution in [0.15, 0.2) is 35.2 Å². The van der Waals surface area contributed by atoms with Crippen molar-refractivity contribution in [2.24, 2.45) is 0 Å². The second-order valence-electron chi connectivity index (χ2n) is 6.16. The molecule has 0 fully saturated rings. The Labute approximate surface area is 170 Å². The van der Waals surface area contributed by atoms with E-state index in [1.165, 1.54) is 11.8 Å². The van der Waals surface area contributed by atoms with Gasteiger partial charge in [0.25, 0.3) is 0 Å². The highest BCUT2D eigenvalue weighted by atomic mass is 32.2. The van der Waals surface area contributed by atoms with Crippen LogP contribution in [0.4, 0.5) is 0 Å². The van der Waals surface area contributed by atoms with Crippen molar-refractivity contribution in [2.45, 2.75) is 4.90 Å². The summed E-state index contributed by atoms with van der Waals surface area (Å²) in [6, 6.07) is 8.81. The van der Waals surface area contributed by atoms with Gasteiger partial charge in [-0.05, 0) is 30.5 Å². The lowest BCUT2D eigenvalue weighted by molar-refractivity contribution is -0.189. The third-order valence-electron chi connectivity index (χ3n) is 4.18. The Morgan fingerprint density at radius 1 is 1.14 bits per heavy atom. The number of aromatic nitrogens is 3. The van der Waals surface area contributed by atoms with Crippen molar-refractivity contribution in [1.82, 2.24) is 15.4 Å². The highest BCUT2D eigenvalue weighted by Gasteiger charge is 2.23. The molecular formula is C18H17N3O6PS-. The van der Waals surface area contributed by atoms with E-state index in [1.54, 1.807) is 31.4 Å². The number of hydrogen-bond donors (Lipinski definition) is 1. The van der Waals surface area contributed by atoms with Gasteiger partial charge in [0.2, 0.25) is 12.5 Å². The topological polar surface area (TPSA) is 119 Å². The molecule has 29 heavy (non-hydrogen) atoms. The predicted molar refractivity (Wildman–Crippen MR) is 106 cm³/mol. The van der Waals surface area contributed by atoms with Crippen molar-refractivity contribution in [3.8, 4) is 45.5 Å². The fourth-order valence-electron chi connectivity index (χ4n) is 2.97. The molecule has 9 nitrogen and oxygen atoms in total. The summed E-state index contributed by atoms with van der Waals surface area (Å²) in [6.07, 6.45) is 1.84. The summed E-state index contributed by atoms with van der Waals surface area (Å²) in [6.45, 7) is 1.15. The summed E-state index contributed by atoms with van der Waals surface area (Å²) in [4.78, 5) is 12.4. The standard InChI is InChI=1S/C18H18N3O6PS/c1-24-13-7-11(8-14-18(13)26-9-25-14)17-16(19-21-20-17)10-4-5-15(29-3)12(6-10)27-28(2,22)23/h4-8H,9H2,1-3H3,(H,22,23)(H,19,20,21)/p-1. The Morgan fingerprint density at radius 3 is 2.55 bits per heavy atom. The summed E-state index contributed by atoms with van der Waals surface area (Å²) in [7, 11) is -2.43. The summed E-state index contributed by atoms with van der Waals surface area (Å²) < 4.78 is 33.1. The lowest BCUT2D eigenvalue weighted by Gasteiger charge is -2.21. The molecule has 1 N–H and O–H groups in total. The van der Waals surface area contributed by atoms with Gasteiger partial charge in [0, 0.05) is 22.7 Å². The quantitative estimate of drug-likeness (QED) is 0.461. The molecule has 0 bridgehead atoms. The molecule has 2 heterocycles. The Hall–Kier alpha value is -2.68. The average molecular weight is 434 g/mol. The van der Waals surface area contributed by atoms with Crippen LogP contribution in [0.5, 0.6) is 23.0 Å². The maximum absolute atomic E-state index is 11.7. The summed E-state index contributed by atoms with van der Waals surface area (Å²) in [5.74, 6) is 1.85. The van der Waals surface area contributed by atoms with Crippen molar-refractivity contribution in [3.05, 3.63) is 30.3 Å². The van der Waals surface area contributed by atoms with E-state index in [0.717, 1.165) is 6.66 Å². The van der Waals surface area contributed by atoms with E-state index in [1.807, 2.05) is 12.3 Å². The van der Waals surface area contributed by atoms with E-state index in [-0.39, 0.29) is 12.5 Å². The fraction of sp³-hybridized carbons (Fsp3) is 0.222. The van der Waals surface area contributed by atoms with Crippen LogP contribution in [-0.4, -0.2) is 42.2 Å². The lowest BCUT2D eigenvalue weighted by Crippen LogP contribution is -2.05. The summed E-state index contributed by atoms with van der Waals surface area (Å²) in [5.41, 5.74) is 2.43. The average Bonchev–Trinajstić information content (AvgIpc) is 3.35. The highest BCUT2D eigenvalue weighted by molar-refractivity contribution is 7.98. The SMILES string of the molecule is COc1cc(-c2n[nH]nc2-c2ccc(SC)c(OP(C)(=O)[O-])c2)cc2c1OCO2. The van der Waals surface area contributed by atoms with E-state index in [0.29, 0.717) is 44.7 Å². The molecule has 3 aromatic rings. The number of aromatic amines is 1. The van der Waals surface area contributed by atoms with Crippen LogP contribution in [0.1, 0.15) is 0 Å². The molecule has 1 aliphatic heterocycles. The summed E-state index contributed by atoms with van der Waals surface area (Å²) >= 11 is 1.39. The van der Waals surface area contributed by atoms with Gasteiger partial charge in [-0.3, -0.25) is 4.57 Å². The first kappa shape index (κ1) is 19.6. The third kappa shape index (κ3) is 3.91. The van der Waals surface area contributed by atoms with Crippen LogP contribution in [0, 0.1) is 0 Å². The van der Waals surface area contributed by atoms with Crippen LogP contribution < -0.4 is 23.6 Å². The molecule has 0 amide bonds. The molecule has 2 aromatic carbocycles.